The second-order valence-electron chi connectivity index (χ2n) is 3.85. The molecule has 3 nitrogen and oxygen atoms in total. The first kappa shape index (κ1) is 18.9. The average Bonchev–Trinajstić information content (AvgIpc) is 2.36. The highest BCUT2D eigenvalue weighted by Crippen LogP contribution is 2.40. The number of nitrogens with two attached hydrogens (primary N) is 1. The minimum absolute atomic E-state index is 0. The molecule has 1 rings (SSSR count). The van der Waals surface area contributed by atoms with E-state index in [1.165, 1.54) is 0 Å². The molecule has 0 saturated carbocycles. The van der Waals surface area contributed by atoms with Gasteiger partial charge in [-0.05, 0) is 17.7 Å². The zero-order valence-electron chi connectivity index (χ0n) is 10.2. The number of hydrogen-bond donors (Lipinski definition) is 2. The Morgan fingerprint density at radius 3 is 2.20 bits per heavy atom. The monoisotopic (exact) mass is 321 g/mol. The summed E-state index contributed by atoms with van der Waals surface area (Å²) in [4.78, 5) is 0. The molecular formula is C11H13ClF5NO2. The molecular weight excluding hydrogens is 309 g/mol. The van der Waals surface area contributed by atoms with Gasteiger partial charge in [0.15, 0.2) is 0 Å². The van der Waals surface area contributed by atoms with E-state index in [4.69, 9.17) is 10.8 Å². The molecule has 1 aromatic carbocycles. The largest absolute Gasteiger partial charge is 0.497 e. The molecule has 0 radical (unpaired) electrons. The van der Waals surface area contributed by atoms with E-state index in [0.29, 0.717) is 6.07 Å². The summed E-state index contributed by atoms with van der Waals surface area (Å²) in [6.07, 6.45) is -4.85. The Kier molecular flexibility index (Phi) is 6.19. The van der Waals surface area contributed by atoms with Gasteiger partial charge in [-0.3, -0.25) is 0 Å². The van der Waals surface area contributed by atoms with Crippen LogP contribution in [0.5, 0.6) is 5.75 Å². The first-order valence-electron chi connectivity index (χ1n) is 5.13. The first-order chi connectivity index (χ1) is 8.63. The lowest BCUT2D eigenvalue weighted by atomic mass is 9.96. The summed E-state index contributed by atoms with van der Waals surface area (Å²) in [5.41, 5.74) is 3.01. The minimum atomic E-state index is -4.85. The molecule has 0 aliphatic rings. The van der Waals surface area contributed by atoms with Crippen molar-refractivity contribution in [1.82, 2.24) is 0 Å². The third-order valence-electron chi connectivity index (χ3n) is 2.57. The van der Waals surface area contributed by atoms with Gasteiger partial charge in [0.1, 0.15) is 12.4 Å². The average molecular weight is 322 g/mol. The lowest BCUT2D eigenvalue weighted by molar-refractivity contribution is -0.140. The third kappa shape index (κ3) is 3.94. The number of benzene rings is 1. The molecule has 0 heterocycles. The Morgan fingerprint density at radius 1 is 1.25 bits per heavy atom. The van der Waals surface area contributed by atoms with Crippen molar-refractivity contribution in [2.24, 2.45) is 5.73 Å². The predicted molar refractivity (Wildman–Crippen MR) is 64.2 cm³/mol. The summed E-state index contributed by atoms with van der Waals surface area (Å²) < 4.78 is 69.4. The number of aliphatic hydroxyl groups excluding tert-OH is 1. The van der Waals surface area contributed by atoms with Crippen molar-refractivity contribution in [1.29, 1.82) is 0 Å². The maximum atomic E-state index is 13.2. The fourth-order valence-electron chi connectivity index (χ4n) is 1.50. The van der Waals surface area contributed by atoms with Crippen LogP contribution in [0.15, 0.2) is 18.2 Å². The molecule has 0 aliphatic heterocycles. The molecule has 0 spiro atoms. The van der Waals surface area contributed by atoms with Gasteiger partial charge in [-0.25, -0.2) is 8.78 Å². The van der Waals surface area contributed by atoms with E-state index in [-0.39, 0.29) is 18.2 Å². The maximum Gasteiger partial charge on any atom is 0.416 e. The zero-order valence-corrected chi connectivity index (χ0v) is 11.1. The quantitative estimate of drug-likeness (QED) is 0.838. The number of hydrogen-bond acceptors (Lipinski definition) is 3. The molecule has 0 fully saturated rings. The highest BCUT2D eigenvalue weighted by atomic mass is 35.5. The van der Waals surface area contributed by atoms with Gasteiger partial charge < -0.3 is 15.6 Å². The third-order valence-corrected chi connectivity index (χ3v) is 2.57. The highest BCUT2D eigenvalue weighted by molar-refractivity contribution is 5.85. The molecule has 0 amide bonds. The number of methoxy groups -OCH3 is 1. The van der Waals surface area contributed by atoms with E-state index in [9.17, 15) is 22.0 Å². The molecule has 0 bridgehead atoms. The Bertz CT molecular complexity index is 453. The molecule has 0 saturated heterocycles. The number of ether oxygens (including phenoxy) is 1. The lowest BCUT2D eigenvalue weighted by Crippen LogP contribution is -2.37. The summed E-state index contributed by atoms with van der Waals surface area (Å²) in [5.74, 6) is -3.98. The van der Waals surface area contributed by atoms with E-state index in [1.807, 2.05) is 0 Å². The van der Waals surface area contributed by atoms with Crippen molar-refractivity contribution in [2.75, 3.05) is 13.7 Å². The van der Waals surface area contributed by atoms with E-state index in [2.05, 4.69) is 4.74 Å². The number of rotatable bonds is 4. The van der Waals surface area contributed by atoms with Gasteiger partial charge in [0.2, 0.25) is 0 Å². The van der Waals surface area contributed by atoms with Gasteiger partial charge >= 0.3 is 6.18 Å². The van der Waals surface area contributed by atoms with E-state index >= 15 is 0 Å². The van der Waals surface area contributed by atoms with Crippen molar-refractivity contribution < 1.29 is 31.8 Å². The van der Waals surface area contributed by atoms with E-state index < -0.39 is 35.9 Å². The van der Waals surface area contributed by atoms with Crippen LogP contribution >= 0.6 is 12.4 Å². The van der Waals surface area contributed by atoms with Gasteiger partial charge in [0.25, 0.3) is 5.92 Å². The fraction of sp³-hybridized carbons (Fsp3) is 0.455. The number of alkyl halides is 5. The fourth-order valence-corrected chi connectivity index (χ4v) is 1.50. The number of aliphatic hydroxyl groups is 1. The Morgan fingerprint density at radius 2 is 1.80 bits per heavy atom. The maximum absolute atomic E-state index is 13.2. The van der Waals surface area contributed by atoms with Crippen molar-refractivity contribution >= 4 is 12.4 Å². The Balaban J connectivity index is 0.00000361. The molecule has 116 valence electrons. The topological polar surface area (TPSA) is 55.5 Å². The first-order valence-corrected chi connectivity index (χ1v) is 5.13. The van der Waals surface area contributed by atoms with Crippen LogP contribution in [0, 0.1) is 0 Å². The van der Waals surface area contributed by atoms with Gasteiger partial charge in [0, 0.05) is 0 Å². The highest BCUT2D eigenvalue weighted by Gasteiger charge is 2.43. The summed E-state index contributed by atoms with van der Waals surface area (Å²) in [5, 5.41) is 8.48. The predicted octanol–water partition coefficient (Wildman–Crippen LogP) is 2.76. The van der Waals surface area contributed by atoms with Crippen molar-refractivity contribution in [2.45, 2.75) is 18.1 Å². The standard InChI is InChI=1S/C11H12F5NO2.ClH/c1-19-6-2-3-7(8(4-6)11(14,15)16)9(17)10(12,13)5-18;/h2-4,9,18H,5,17H2,1H3;1H/t9-;/m0./s1. The van der Waals surface area contributed by atoms with E-state index in [0.717, 1.165) is 19.2 Å². The van der Waals surface area contributed by atoms with Crippen LogP contribution in [0.1, 0.15) is 17.2 Å². The summed E-state index contributed by atoms with van der Waals surface area (Å²) >= 11 is 0. The molecule has 3 N–H and O–H groups in total. The molecule has 20 heavy (non-hydrogen) atoms. The molecule has 0 unspecified atom stereocenters. The van der Waals surface area contributed by atoms with Crippen LogP contribution in [0.3, 0.4) is 0 Å². The molecule has 0 aromatic heterocycles. The number of halogens is 6. The van der Waals surface area contributed by atoms with Gasteiger partial charge in [-0.2, -0.15) is 13.2 Å². The van der Waals surface area contributed by atoms with Gasteiger partial charge in [-0.1, -0.05) is 6.07 Å². The van der Waals surface area contributed by atoms with E-state index in [1.54, 1.807) is 0 Å². The summed E-state index contributed by atoms with van der Waals surface area (Å²) in [7, 11) is 1.15. The van der Waals surface area contributed by atoms with Gasteiger partial charge in [0.05, 0.1) is 18.7 Å². The molecule has 0 aliphatic carbocycles. The Labute approximate surface area is 117 Å². The molecule has 1 aromatic rings. The second-order valence-corrected chi connectivity index (χ2v) is 3.85. The molecule has 9 heteroatoms. The van der Waals surface area contributed by atoms with Gasteiger partial charge in [-0.15, -0.1) is 12.4 Å². The Hall–Kier alpha value is -1.12. The van der Waals surface area contributed by atoms with Crippen molar-refractivity contribution in [3.8, 4) is 5.75 Å². The zero-order chi connectivity index (χ0) is 14.8. The molecule has 1 atom stereocenters. The summed E-state index contributed by atoms with van der Waals surface area (Å²) in [6.45, 7) is -1.64. The van der Waals surface area contributed by atoms with Crippen LogP contribution in [0.2, 0.25) is 0 Å². The van der Waals surface area contributed by atoms with Crippen molar-refractivity contribution in [3.05, 3.63) is 29.3 Å². The van der Waals surface area contributed by atoms with Crippen LogP contribution in [0.25, 0.3) is 0 Å². The smallest absolute Gasteiger partial charge is 0.416 e. The normalized spacial score (nSPS) is 13.6. The van der Waals surface area contributed by atoms with Crippen LogP contribution in [-0.4, -0.2) is 24.7 Å². The van der Waals surface area contributed by atoms with Crippen molar-refractivity contribution in [3.63, 3.8) is 0 Å². The van der Waals surface area contributed by atoms with Crippen LogP contribution in [0.4, 0.5) is 22.0 Å². The van der Waals surface area contributed by atoms with Crippen LogP contribution in [-0.2, 0) is 6.18 Å². The minimum Gasteiger partial charge on any atom is -0.497 e. The SMILES string of the molecule is COc1ccc([C@H](N)C(F)(F)CO)c(C(F)(F)F)c1.Cl. The second kappa shape index (κ2) is 6.55. The summed E-state index contributed by atoms with van der Waals surface area (Å²) in [6, 6.07) is 0.233. The van der Waals surface area contributed by atoms with Crippen LogP contribution < -0.4 is 10.5 Å². The lowest BCUT2D eigenvalue weighted by Gasteiger charge is -2.25.